The number of halogens is 1. The molecule has 0 amide bonds. The molecule has 0 saturated heterocycles. The third-order valence-corrected chi connectivity index (χ3v) is 5.87. The van der Waals surface area contributed by atoms with Crippen LogP contribution in [0.2, 0.25) is 5.02 Å². The second-order valence-corrected chi connectivity index (χ2v) is 8.12. The first-order valence-corrected chi connectivity index (χ1v) is 11.1. The molecule has 2 nitrogen and oxygen atoms in total. The summed E-state index contributed by atoms with van der Waals surface area (Å²) in [5, 5.41) is 4.50. The first-order chi connectivity index (χ1) is 12.7. The average Bonchev–Trinajstić information content (AvgIpc) is 2.70. The van der Waals surface area contributed by atoms with Crippen molar-refractivity contribution < 1.29 is 0 Å². The Morgan fingerprint density at radius 3 is 2.35 bits per heavy atom. The lowest BCUT2D eigenvalue weighted by Gasteiger charge is -2.28. The molecule has 0 heterocycles. The number of thioether (sulfide) groups is 1. The molecule has 2 aromatic carbocycles. The average molecular weight is 391 g/mol. The zero-order valence-electron chi connectivity index (χ0n) is 15.7. The van der Waals surface area contributed by atoms with E-state index in [0.717, 1.165) is 30.5 Å². The number of nitrogens with two attached hydrogens (primary N) is 1. The predicted molar refractivity (Wildman–Crippen MR) is 116 cm³/mol. The van der Waals surface area contributed by atoms with Crippen molar-refractivity contribution in [3.05, 3.63) is 65.2 Å². The minimum absolute atomic E-state index is 0.714. The highest BCUT2D eigenvalue weighted by molar-refractivity contribution is 7.98. The summed E-state index contributed by atoms with van der Waals surface area (Å²) in [6.45, 7) is 1.96. The summed E-state index contributed by atoms with van der Waals surface area (Å²) in [6.07, 6.45) is 8.46. The molecule has 1 aliphatic carbocycles. The van der Waals surface area contributed by atoms with Gasteiger partial charge in [-0.05, 0) is 87.2 Å². The molecule has 1 fully saturated rings. The molecule has 26 heavy (non-hydrogen) atoms. The molecule has 3 N–H and O–H groups in total. The Bertz CT molecular complexity index is 613. The largest absolute Gasteiger partial charge is 0.330 e. The van der Waals surface area contributed by atoms with E-state index in [2.05, 4.69) is 35.8 Å². The Labute approximate surface area is 167 Å². The quantitative estimate of drug-likeness (QED) is 0.648. The van der Waals surface area contributed by atoms with Crippen LogP contribution in [-0.2, 0) is 6.42 Å². The Morgan fingerprint density at radius 2 is 1.77 bits per heavy atom. The smallest absolute Gasteiger partial charge is 0.0405 e. The first kappa shape index (κ1) is 21.3. The summed E-state index contributed by atoms with van der Waals surface area (Å²) >= 11 is 7.35. The summed E-state index contributed by atoms with van der Waals surface area (Å²) in [4.78, 5) is 1.36. The van der Waals surface area contributed by atoms with Crippen LogP contribution in [-0.4, -0.2) is 25.4 Å². The first-order valence-electron chi connectivity index (χ1n) is 9.48. The lowest BCUT2D eigenvalue weighted by atomic mass is 9.86. The molecule has 3 rings (SSSR count). The highest BCUT2D eigenvalue weighted by Crippen LogP contribution is 2.23. The molecule has 1 aliphatic rings. The molecule has 2 aromatic rings. The van der Waals surface area contributed by atoms with E-state index in [-0.39, 0.29) is 0 Å². The van der Waals surface area contributed by atoms with E-state index in [1.807, 2.05) is 42.1 Å². The number of rotatable bonds is 6. The van der Waals surface area contributed by atoms with Gasteiger partial charge in [-0.1, -0.05) is 41.9 Å². The molecule has 4 heteroatoms. The van der Waals surface area contributed by atoms with Crippen molar-refractivity contribution in [2.24, 2.45) is 11.7 Å². The van der Waals surface area contributed by atoms with Gasteiger partial charge >= 0.3 is 0 Å². The lowest BCUT2D eigenvalue weighted by Crippen LogP contribution is -2.35. The van der Waals surface area contributed by atoms with Crippen molar-refractivity contribution in [2.75, 3.05) is 19.3 Å². The summed E-state index contributed by atoms with van der Waals surface area (Å²) in [6, 6.07) is 19.0. The third-order valence-electron chi connectivity index (χ3n) is 4.89. The van der Waals surface area contributed by atoms with Crippen LogP contribution < -0.4 is 11.1 Å². The molecule has 0 radical (unpaired) electrons. The Kier molecular flexibility index (Phi) is 10.2. The number of benzene rings is 2. The number of hydrogen-bond donors (Lipinski definition) is 2. The van der Waals surface area contributed by atoms with Crippen LogP contribution in [0.25, 0.3) is 0 Å². The van der Waals surface area contributed by atoms with Gasteiger partial charge < -0.3 is 11.1 Å². The fourth-order valence-corrected chi connectivity index (χ4v) is 3.89. The highest BCUT2D eigenvalue weighted by Gasteiger charge is 2.19. The summed E-state index contributed by atoms with van der Waals surface area (Å²) in [5.41, 5.74) is 7.17. The topological polar surface area (TPSA) is 38.0 Å². The van der Waals surface area contributed by atoms with Crippen molar-refractivity contribution in [2.45, 2.75) is 43.0 Å². The van der Waals surface area contributed by atoms with Crippen LogP contribution in [0.5, 0.6) is 0 Å². The van der Waals surface area contributed by atoms with Gasteiger partial charge in [-0.3, -0.25) is 0 Å². The Balaban J connectivity index is 0.000000290. The van der Waals surface area contributed by atoms with E-state index in [4.69, 9.17) is 17.3 Å². The van der Waals surface area contributed by atoms with Crippen LogP contribution in [0.4, 0.5) is 0 Å². The van der Waals surface area contributed by atoms with Gasteiger partial charge in [-0.15, -0.1) is 11.8 Å². The van der Waals surface area contributed by atoms with Crippen LogP contribution >= 0.6 is 23.4 Å². The highest BCUT2D eigenvalue weighted by atomic mass is 35.5. The zero-order chi connectivity index (χ0) is 18.6. The zero-order valence-corrected chi connectivity index (χ0v) is 17.2. The standard InChI is InChI=1S/C16H26N2S.C6H5Cl/c1-19-16-4-2-3-13(11-16)9-10-18-15-7-5-14(12-17)6-8-15;7-6-4-2-1-3-5-6/h2-4,11,14-15,18H,5-10,12,17H2,1H3;1-5H. The minimum atomic E-state index is 0.714. The fourth-order valence-electron chi connectivity index (χ4n) is 3.27. The maximum absolute atomic E-state index is 5.73. The van der Waals surface area contributed by atoms with Gasteiger partial charge in [0.2, 0.25) is 0 Å². The summed E-state index contributed by atoms with van der Waals surface area (Å²) in [5.74, 6) is 0.774. The monoisotopic (exact) mass is 390 g/mol. The molecule has 0 atom stereocenters. The van der Waals surface area contributed by atoms with Crippen LogP contribution in [0.1, 0.15) is 31.2 Å². The minimum Gasteiger partial charge on any atom is -0.330 e. The SMILES string of the molecule is CSc1cccc(CCNC2CCC(CN)CC2)c1.Clc1ccccc1. The third kappa shape index (κ3) is 8.13. The summed E-state index contributed by atoms with van der Waals surface area (Å²) < 4.78 is 0. The molecule has 142 valence electrons. The molecule has 1 saturated carbocycles. The predicted octanol–water partition coefficient (Wildman–Crippen LogP) is 5.40. The van der Waals surface area contributed by atoms with E-state index in [1.165, 1.54) is 36.1 Å². The molecule has 0 spiro atoms. The van der Waals surface area contributed by atoms with E-state index in [0.29, 0.717) is 6.04 Å². The maximum atomic E-state index is 5.73. The molecule has 0 aliphatic heterocycles. The second-order valence-electron chi connectivity index (χ2n) is 6.80. The van der Waals surface area contributed by atoms with E-state index in [9.17, 15) is 0 Å². The van der Waals surface area contributed by atoms with E-state index >= 15 is 0 Å². The van der Waals surface area contributed by atoms with Gasteiger partial charge in [0.1, 0.15) is 0 Å². The van der Waals surface area contributed by atoms with E-state index < -0.39 is 0 Å². The Hall–Kier alpha value is -1.00. The number of hydrogen-bond acceptors (Lipinski definition) is 3. The van der Waals surface area contributed by atoms with Crippen molar-refractivity contribution in [3.63, 3.8) is 0 Å². The van der Waals surface area contributed by atoms with Crippen LogP contribution in [0.3, 0.4) is 0 Å². The van der Waals surface area contributed by atoms with Crippen molar-refractivity contribution in [1.82, 2.24) is 5.32 Å². The Morgan fingerprint density at radius 1 is 1.04 bits per heavy atom. The van der Waals surface area contributed by atoms with Crippen molar-refractivity contribution >= 4 is 23.4 Å². The van der Waals surface area contributed by atoms with E-state index in [1.54, 1.807) is 0 Å². The normalized spacial score (nSPS) is 19.5. The molecule has 0 unspecified atom stereocenters. The van der Waals surface area contributed by atoms with Gasteiger partial charge in [0.05, 0.1) is 0 Å². The van der Waals surface area contributed by atoms with Gasteiger partial charge in [0.15, 0.2) is 0 Å². The number of nitrogens with one attached hydrogen (secondary N) is 1. The van der Waals surface area contributed by atoms with Gasteiger partial charge in [-0.25, -0.2) is 0 Å². The van der Waals surface area contributed by atoms with Gasteiger partial charge in [0, 0.05) is 16.0 Å². The molecule has 0 aromatic heterocycles. The fraction of sp³-hybridized carbons (Fsp3) is 0.455. The molecular weight excluding hydrogens is 360 g/mol. The lowest BCUT2D eigenvalue weighted by molar-refractivity contribution is 0.298. The molecular formula is C22H31ClN2S. The summed E-state index contributed by atoms with van der Waals surface area (Å²) in [7, 11) is 0. The van der Waals surface area contributed by atoms with Gasteiger partial charge in [0.25, 0.3) is 0 Å². The van der Waals surface area contributed by atoms with Crippen LogP contribution in [0.15, 0.2) is 59.5 Å². The maximum Gasteiger partial charge on any atom is 0.0405 e. The second kappa shape index (κ2) is 12.4. The molecule has 0 bridgehead atoms. The van der Waals surface area contributed by atoms with Crippen LogP contribution in [0, 0.1) is 5.92 Å². The van der Waals surface area contributed by atoms with Crippen molar-refractivity contribution in [3.8, 4) is 0 Å². The van der Waals surface area contributed by atoms with Crippen molar-refractivity contribution in [1.29, 1.82) is 0 Å². The van der Waals surface area contributed by atoms with Gasteiger partial charge in [-0.2, -0.15) is 0 Å².